The molecule has 1 fully saturated rings. The van der Waals surface area contributed by atoms with Gasteiger partial charge in [-0.15, -0.1) is 0 Å². The molecule has 0 amide bonds. The van der Waals surface area contributed by atoms with Crippen molar-refractivity contribution in [1.82, 2.24) is 20.4 Å². The number of likely N-dealkylation sites (tertiary alicyclic amines) is 1. The molecule has 2 aromatic rings. The molecule has 0 radical (unpaired) electrons. The van der Waals surface area contributed by atoms with E-state index in [4.69, 9.17) is 4.52 Å². The first-order valence-corrected chi connectivity index (χ1v) is 9.77. The van der Waals surface area contributed by atoms with Gasteiger partial charge in [-0.2, -0.15) is 18.2 Å². The van der Waals surface area contributed by atoms with Gasteiger partial charge in [0, 0.05) is 12.5 Å². The van der Waals surface area contributed by atoms with Crippen LogP contribution in [0.5, 0.6) is 0 Å². The summed E-state index contributed by atoms with van der Waals surface area (Å²) in [5.41, 5.74) is 1.23. The van der Waals surface area contributed by atoms with Crippen LogP contribution >= 0.6 is 0 Å². The molecule has 0 aliphatic carbocycles. The zero-order chi connectivity index (χ0) is 20.0. The number of benzene rings is 1. The van der Waals surface area contributed by atoms with Crippen LogP contribution in [0.3, 0.4) is 0 Å². The number of nitrogens with zero attached hydrogens (tertiary/aromatic N) is 3. The largest absolute Gasteiger partial charge is 0.401 e. The highest BCUT2D eigenvalue weighted by Gasteiger charge is 2.33. The second-order valence-corrected chi connectivity index (χ2v) is 7.49. The minimum Gasteiger partial charge on any atom is -0.338 e. The second-order valence-electron chi connectivity index (χ2n) is 7.49. The Hall–Kier alpha value is -1.93. The Kier molecular flexibility index (Phi) is 7.07. The normalized spacial score (nSPS) is 17.7. The van der Waals surface area contributed by atoms with E-state index in [0.717, 1.165) is 25.7 Å². The summed E-state index contributed by atoms with van der Waals surface area (Å²) < 4.78 is 42.7. The molecule has 1 atom stereocenters. The number of rotatable bonds is 8. The summed E-state index contributed by atoms with van der Waals surface area (Å²) in [6, 6.07) is 10.3. The van der Waals surface area contributed by atoms with Crippen LogP contribution < -0.4 is 5.32 Å². The zero-order valence-electron chi connectivity index (χ0n) is 16.1. The Bertz CT molecular complexity index is 712. The van der Waals surface area contributed by atoms with Gasteiger partial charge in [0.15, 0.2) is 5.82 Å². The molecule has 1 N–H and O–H groups in total. The van der Waals surface area contributed by atoms with E-state index < -0.39 is 12.7 Å². The van der Waals surface area contributed by atoms with Crippen LogP contribution in [0.1, 0.15) is 37.0 Å². The number of aryl methyl sites for hydroxylation is 2. The van der Waals surface area contributed by atoms with Gasteiger partial charge in [0.25, 0.3) is 0 Å². The highest BCUT2D eigenvalue weighted by Crippen LogP contribution is 2.24. The summed E-state index contributed by atoms with van der Waals surface area (Å²) in [6.07, 6.45) is -1.01. The minimum absolute atomic E-state index is 0.188. The SMILES string of the molecule is CC(NCc1nc(CCc2ccccc2)no1)C1CCN(CC(F)(F)F)CC1. The lowest BCUT2D eigenvalue weighted by Crippen LogP contribution is -2.44. The van der Waals surface area contributed by atoms with Gasteiger partial charge in [-0.3, -0.25) is 4.90 Å². The van der Waals surface area contributed by atoms with E-state index in [0.29, 0.717) is 37.3 Å². The molecule has 3 rings (SSSR count). The summed E-state index contributed by atoms with van der Waals surface area (Å²) in [7, 11) is 0. The summed E-state index contributed by atoms with van der Waals surface area (Å²) in [4.78, 5) is 5.91. The molecule has 1 aliphatic rings. The van der Waals surface area contributed by atoms with Crippen LogP contribution in [0.25, 0.3) is 0 Å². The summed E-state index contributed by atoms with van der Waals surface area (Å²) >= 11 is 0. The maximum absolute atomic E-state index is 12.5. The number of piperidine rings is 1. The molecule has 1 aliphatic heterocycles. The van der Waals surface area contributed by atoms with E-state index in [1.165, 1.54) is 10.5 Å². The van der Waals surface area contributed by atoms with E-state index in [1.807, 2.05) is 18.2 Å². The van der Waals surface area contributed by atoms with E-state index in [-0.39, 0.29) is 6.04 Å². The smallest absolute Gasteiger partial charge is 0.338 e. The van der Waals surface area contributed by atoms with E-state index in [9.17, 15) is 13.2 Å². The summed E-state index contributed by atoms with van der Waals surface area (Å²) in [5, 5.41) is 7.41. The Labute approximate surface area is 163 Å². The predicted octanol–water partition coefficient (Wildman–Crippen LogP) is 3.61. The Morgan fingerprint density at radius 2 is 1.89 bits per heavy atom. The van der Waals surface area contributed by atoms with Crippen LogP contribution in [-0.2, 0) is 19.4 Å². The van der Waals surface area contributed by atoms with Gasteiger partial charge < -0.3 is 9.84 Å². The Morgan fingerprint density at radius 1 is 1.18 bits per heavy atom. The van der Waals surface area contributed by atoms with Gasteiger partial charge in [0.05, 0.1) is 13.1 Å². The fourth-order valence-corrected chi connectivity index (χ4v) is 3.64. The molecule has 0 spiro atoms. The van der Waals surface area contributed by atoms with Gasteiger partial charge in [0.1, 0.15) is 0 Å². The van der Waals surface area contributed by atoms with Gasteiger partial charge in [0.2, 0.25) is 5.89 Å². The van der Waals surface area contributed by atoms with Gasteiger partial charge in [-0.05, 0) is 50.8 Å². The molecule has 1 unspecified atom stereocenters. The third kappa shape index (κ3) is 6.60. The van der Waals surface area contributed by atoms with Gasteiger partial charge in [-0.1, -0.05) is 35.5 Å². The maximum atomic E-state index is 12.5. The van der Waals surface area contributed by atoms with Crippen molar-refractivity contribution >= 4 is 0 Å². The molecule has 8 heteroatoms. The third-order valence-electron chi connectivity index (χ3n) is 5.31. The first kappa shape index (κ1) is 20.8. The average Bonchev–Trinajstić information content (AvgIpc) is 3.12. The molecule has 28 heavy (non-hydrogen) atoms. The fourth-order valence-electron chi connectivity index (χ4n) is 3.64. The Morgan fingerprint density at radius 3 is 2.57 bits per heavy atom. The number of aromatic nitrogens is 2. The number of halogens is 3. The van der Waals surface area contributed by atoms with Crippen LogP contribution in [0.15, 0.2) is 34.9 Å². The highest BCUT2D eigenvalue weighted by atomic mass is 19.4. The number of alkyl halides is 3. The molecule has 0 bridgehead atoms. The fraction of sp³-hybridized carbons (Fsp3) is 0.600. The summed E-state index contributed by atoms with van der Waals surface area (Å²) in [6.45, 7) is 2.70. The van der Waals surface area contributed by atoms with E-state index in [1.54, 1.807) is 0 Å². The molecular weight excluding hydrogens is 369 g/mol. The van der Waals surface area contributed by atoms with Crippen molar-refractivity contribution in [3.8, 4) is 0 Å². The minimum atomic E-state index is -4.12. The van der Waals surface area contributed by atoms with Crippen molar-refractivity contribution < 1.29 is 17.7 Å². The average molecular weight is 396 g/mol. The van der Waals surface area contributed by atoms with Crippen LogP contribution in [0.2, 0.25) is 0 Å². The lowest BCUT2D eigenvalue weighted by molar-refractivity contribution is -0.148. The van der Waals surface area contributed by atoms with E-state index in [2.05, 4.69) is 34.5 Å². The lowest BCUT2D eigenvalue weighted by Gasteiger charge is -2.35. The number of hydrogen-bond acceptors (Lipinski definition) is 5. The van der Waals surface area contributed by atoms with Crippen molar-refractivity contribution in [2.75, 3.05) is 19.6 Å². The van der Waals surface area contributed by atoms with Crippen molar-refractivity contribution in [2.45, 2.75) is 51.4 Å². The quantitative estimate of drug-likeness (QED) is 0.739. The van der Waals surface area contributed by atoms with Crippen LogP contribution in [0, 0.1) is 5.92 Å². The van der Waals surface area contributed by atoms with Crippen LogP contribution in [-0.4, -0.2) is 46.9 Å². The molecule has 154 valence electrons. The lowest BCUT2D eigenvalue weighted by atomic mass is 9.90. The first-order chi connectivity index (χ1) is 13.4. The maximum Gasteiger partial charge on any atom is 0.401 e. The highest BCUT2D eigenvalue weighted by molar-refractivity contribution is 5.15. The first-order valence-electron chi connectivity index (χ1n) is 9.77. The molecule has 1 saturated heterocycles. The standard InChI is InChI=1S/C20H27F3N4O/c1-15(17-9-11-27(12-10-17)14-20(21,22)23)24-13-19-25-18(26-28-19)8-7-16-5-3-2-4-6-16/h2-6,15,17,24H,7-14H2,1H3. The second kappa shape index (κ2) is 9.52. The van der Waals surface area contributed by atoms with E-state index >= 15 is 0 Å². The van der Waals surface area contributed by atoms with Crippen molar-refractivity contribution in [3.05, 3.63) is 47.6 Å². The predicted molar refractivity (Wildman–Crippen MR) is 99.7 cm³/mol. The van der Waals surface area contributed by atoms with Crippen molar-refractivity contribution in [2.24, 2.45) is 5.92 Å². The number of nitrogens with one attached hydrogen (secondary N) is 1. The third-order valence-corrected chi connectivity index (χ3v) is 5.31. The molecule has 1 aromatic heterocycles. The zero-order valence-corrected chi connectivity index (χ0v) is 16.1. The van der Waals surface area contributed by atoms with Crippen molar-refractivity contribution in [3.63, 3.8) is 0 Å². The Balaban J connectivity index is 1.38. The monoisotopic (exact) mass is 396 g/mol. The molecule has 2 heterocycles. The van der Waals surface area contributed by atoms with Crippen LogP contribution in [0.4, 0.5) is 13.2 Å². The number of hydrogen-bond donors (Lipinski definition) is 1. The molecule has 1 aromatic carbocycles. The van der Waals surface area contributed by atoms with Gasteiger partial charge in [-0.25, -0.2) is 0 Å². The van der Waals surface area contributed by atoms with Gasteiger partial charge >= 0.3 is 6.18 Å². The summed E-state index contributed by atoms with van der Waals surface area (Å²) in [5.74, 6) is 1.59. The molecule has 5 nitrogen and oxygen atoms in total. The topological polar surface area (TPSA) is 54.2 Å². The molecule has 0 saturated carbocycles. The molecular formula is C20H27F3N4O. The van der Waals surface area contributed by atoms with Crippen molar-refractivity contribution in [1.29, 1.82) is 0 Å².